The zero-order valence-corrected chi connectivity index (χ0v) is 22.6. The van der Waals surface area contributed by atoms with E-state index >= 15 is 0 Å². The van der Waals surface area contributed by atoms with Crippen LogP contribution in [0.4, 0.5) is 10.1 Å². The van der Waals surface area contributed by atoms with Crippen LogP contribution in [0, 0.1) is 5.82 Å². The monoisotopic (exact) mass is 545 g/mol. The number of carbonyl (C=O) groups is 2. The van der Waals surface area contributed by atoms with Crippen LogP contribution in [0.5, 0.6) is 0 Å². The molecule has 0 saturated heterocycles. The molecule has 0 saturated carbocycles. The fourth-order valence-electron chi connectivity index (χ4n) is 3.45. The van der Waals surface area contributed by atoms with Crippen LogP contribution in [-0.2, 0) is 26.2 Å². The van der Waals surface area contributed by atoms with Crippen LogP contribution in [0.15, 0.2) is 42.5 Å². The SMILES string of the molecule is CC[C@H](C(=O)NC(C)(C)C)N(Cc1ccc(Cl)cc1Cl)C(=O)CN(c1cccc(F)c1)S(C)(=O)=O. The first-order valence-electron chi connectivity index (χ1n) is 10.9. The van der Waals surface area contributed by atoms with Gasteiger partial charge in [-0.1, -0.05) is 42.3 Å². The Kier molecular flexibility index (Phi) is 9.56. The zero-order chi connectivity index (χ0) is 26.6. The van der Waals surface area contributed by atoms with Crippen molar-refractivity contribution in [2.75, 3.05) is 17.1 Å². The smallest absolute Gasteiger partial charge is 0.244 e. The lowest BCUT2D eigenvalue weighted by atomic mass is 10.1. The Bertz CT molecular complexity index is 1190. The van der Waals surface area contributed by atoms with Gasteiger partial charge in [-0.05, 0) is 63.1 Å². The van der Waals surface area contributed by atoms with Crippen molar-refractivity contribution in [3.05, 3.63) is 63.9 Å². The first-order chi connectivity index (χ1) is 16.1. The number of nitrogens with zero attached hydrogens (tertiary/aromatic N) is 2. The number of nitrogens with one attached hydrogen (secondary N) is 1. The van der Waals surface area contributed by atoms with Crippen LogP contribution in [0.2, 0.25) is 10.0 Å². The molecule has 2 rings (SSSR count). The van der Waals surface area contributed by atoms with Crippen molar-refractivity contribution in [2.45, 2.75) is 52.2 Å². The molecule has 0 aliphatic heterocycles. The Labute approximate surface area is 216 Å². The average Bonchev–Trinajstić information content (AvgIpc) is 2.71. The van der Waals surface area contributed by atoms with Gasteiger partial charge in [0.25, 0.3) is 0 Å². The average molecular weight is 546 g/mol. The number of rotatable bonds is 9. The number of hydrogen-bond donors (Lipinski definition) is 1. The zero-order valence-electron chi connectivity index (χ0n) is 20.3. The van der Waals surface area contributed by atoms with Crippen LogP contribution in [0.25, 0.3) is 0 Å². The van der Waals surface area contributed by atoms with Crippen molar-refractivity contribution < 1.29 is 22.4 Å². The Hall–Kier alpha value is -2.36. The summed E-state index contributed by atoms with van der Waals surface area (Å²) in [5.74, 6) is -1.69. The predicted octanol–water partition coefficient (Wildman–Crippen LogP) is 4.62. The molecular formula is C24H30Cl2FN3O4S. The number of sulfonamides is 1. The molecule has 0 bridgehead atoms. The number of anilines is 1. The summed E-state index contributed by atoms with van der Waals surface area (Å²) < 4.78 is 39.7. The van der Waals surface area contributed by atoms with Crippen molar-refractivity contribution in [3.63, 3.8) is 0 Å². The second-order valence-corrected chi connectivity index (χ2v) is 11.9. The van der Waals surface area contributed by atoms with Crippen LogP contribution in [0.1, 0.15) is 39.7 Å². The molecule has 1 atom stereocenters. The van der Waals surface area contributed by atoms with E-state index in [4.69, 9.17) is 23.2 Å². The van der Waals surface area contributed by atoms with E-state index in [0.717, 1.165) is 16.6 Å². The standard InChI is InChI=1S/C24H30Cl2FN3O4S/c1-6-21(23(32)28-24(2,3)4)29(14-16-10-11-17(25)12-20(16)26)22(31)15-30(35(5,33)34)19-9-7-8-18(27)13-19/h7-13,21H,6,14-15H2,1-5H3,(H,28,32)/t21-/m1/s1. The molecule has 2 aromatic rings. The highest BCUT2D eigenvalue weighted by molar-refractivity contribution is 7.92. The predicted molar refractivity (Wildman–Crippen MR) is 138 cm³/mol. The third kappa shape index (κ3) is 8.37. The van der Waals surface area contributed by atoms with Crippen LogP contribution in [0.3, 0.4) is 0 Å². The fraction of sp³-hybridized carbons (Fsp3) is 0.417. The maximum Gasteiger partial charge on any atom is 0.244 e. The number of benzene rings is 2. The molecule has 7 nitrogen and oxygen atoms in total. The minimum atomic E-state index is -3.96. The van der Waals surface area contributed by atoms with Crippen LogP contribution in [-0.4, -0.2) is 49.5 Å². The highest BCUT2D eigenvalue weighted by Crippen LogP contribution is 2.25. The highest BCUT2D eigenvalue weighted by Gasteiger charge is 2.33. The molecule has 0 fully saturated rings. The molecule has 0 aliphatic rings. The summed E-state index contributed by atoms with van der Waals surface area (Å²) in [5.41, 5.74) is -0.0297. The topological polar surface area (TPSA) is 86.8 Å². The van der Waals surface area contributed by atoms with Gasteiger partial charge in [0.15, 0.2) is 0 Å². The van der Waals surface area contributed by atoms with Crippen molar-refractivity contribution in [1.82, 2.24) is 10.2 Å². The molecule has 0 spiro atoms. The normalized spacial score (nSPS) is 12.7. The van der Waals surface area contributed by atoms with E-state index in [1.807, 2.05) is 20.8 Å². The van der Waals surface area contributed by atoms with Gasteiger partial charge in [0.05, 0.1) is 11.9 Å². The molecule has 0 aromatic heterocycles. The summed E-state index contributed by atoms with van der Waals surface area (Å²) in [6.45, 7) is 6.50. The molecule has 0 aliphatic carbocycles. The van der Waals surface area contributed by atoms with Gasteiger partial charge in [0, 0.05) is 22.1 Å². The summed E-state index contributed by atoms with van der Waals surface area (Å²) >= 11 is 12.3. The second-order valence-electron chi connectivity index (χ2n) is 9.17. The van der Waals surface area contributed by atoms with E-state index in [1.165, 1.54) is 29.2 Å². The number of carbonyl (C=O) groups excluding carboxylic acids is 2. The lowest BCUT2D eigenvalue weighted by Gasteiger charge is -2.34. The number of amides is 2. The Morgan fingerprint density at radius 2 is 1.77 bits per heavy atom. The minimum Gasteiger partial charge on any atom is -0.350 e. The van der Waals surface area contributed by atoms with Gasteiger partial charge < -0.3 is 10.2 Å². The van der Waals surface area contributed by atoms with Gasteiger partial charge in [-0.25, -0.2) is 12.8 Å². The fourth-order valence-corrected chi connectivity index (χ4v) is 4.76. The van der Waals surface area contributed by atoms with E-state index in [2.05, 4.69) is 5.32 Å². The maximum absolute atomic E-state index is 13.8. The first kappa shape index (κ1) is 28.9. The van der Waals surface area contributed by atoms with E-state index in [1.54, 1.807) is 19.1 Å². The second kappa shape index (κ2) is 11.6. The molecule has 0 radical (unpaired) electrons. The van der Waals surface area contributed by atoms with Gasteiger partial charge in [-0.3, -0.25) is 13.9 Å². The lowest BCUT2D eigenvalue weighted by molar-refractivity contribution is -0.141. The quantitative estimate of drug-likeness (QED) is 0.498. The molecule has 11 heteroatoms. The Morgan fingerprint density at radius 3 is 2.29 bits per heavy atom. The van der Waals surface area contributed by atoms with Crippen LogP contribution < -0.4 is 9.62 Å². The van der Waals surface area contributed by atoms with Crippen molar-refractivity contribution in [1.29, 1.82) is 0 Å². The van der Waals surface area contributed by atoms with Gasteiger partial charge in [0.2, 0.25) is 21.8 Å². The molecular weight excluding hydrogens is 516 g/mol. The van der Waals surface area contributed by atoms with Gasteiger partial charge in [-0.15, -0.1) is 0 Å². The van der Waals surface area contributed by atoms with Gasteiger partial charge in [-0.2, -0.15) is 0 Å². The van der Waals surface area contributed by atoms with E-state index in [0.29, 0.717) is 15.6 Å². The number of hydrogen-bond acceptors (Lipinski definition) is 4. The summed E-state index contributed by atoms with van der Waals surface area (Å²) in [7, 11) is -3.96. The largest absolute Gasteiger partial charge is 0.350 e. The first-order valence-corrected chi connectivity index (χ1v) is 13.5. The van der Waals surface area contributed by atoms with E-state index in [-0.39, 0.29) is 18.7 Å². The van der Waals surface area contributed by atoms with Crippen molar-refractivity contribution in [2.24, 2.45) is 0 Å². The summed E-state index contributed by atoms with van der Waals surface area (Å²) in [4.78, 5) is 28.0. The lowest BCUT2D eigenvalue weighted by Crippen LogP contribution is -2.55. The van der Waals surface area contributed by atoms with Gasteiger partial charge in [0.1, 0.15) is 18.4 Å². The molecule has 1 N–H and O–H groups in total. The molecule has 0 unspecified atom stereocenters. The third-order valence-electron chi connectivity index (χ3n) is 5.02. The van der Waals surface area contributed by atoms with Crippen LogP contribution >= 0.6 is 23.2 Å². The number of halogens is 3. The molecule has 0 heterocycles. The van der Waals surface area contributed by atoms with Crippen molar-refractivity contribution >= 4 is 50.7 Å². The van der Waals surface area contributed by atoms with Crippen molar-refractivity contribution in [3.8, 4) is 0 Å². The third-order valence-corrected chi connectivity index (χ3v) is 6.74. The summed E-state index contributed by atoms with van der Waals surface area (Å²) in [6, 6.07) is 8.79. The Balaban J connectivity index is 2.50. The molecule has 2 amide bonds. The van der Waals surface area contributed by atoms with E-state index in [9.17, 15) is 22.4 Å². The molecule has 35 heavy (non-hydrogen) atoms. The van der Waals surface area contributed by atoms with E-state index < -0.39 is 45.8 Å². The summed E-state index contributed by atoms with van der Waals surface area (Å²) in [6.07, 6.45) is 1.19. The Morgan fingerprint density at radius 1 is 1.11 bits per heavy atom. The minimum absolute atomic E-state index is 0.00230. The summed E-state index contributed by atoms with van der Waals surface area (Å²) in [5, 5.41) is 3.57. The maximum atomic E-state index is 13.8. The molecule has 2 aromatic carbocycles. The molecule has 192 valence electrons. The van der Waals surface area contributed by atoms with Gasteiger partial charge >= 0.3 is 0 Å². The highest BCUT2D eigenvalue weighted by atomic mass is 35.5.